The van der Waals surface area contributed by atoms with Crippen LogP contribution < -0.4 is 10.5 Å². The van der Waals surface area contributed by atoms with Crippen molar-refractivity contribution in [1.29, 1.82) is 0 Å². The average molecular weight is 378 g/mol. The van der Waals surface area contributed by atoms with Crippen molar-refractivity contribution in [2.75, 3.05) is 0 Å². The van der Waals surface area contributed by atoms with Gasteiger partial charge in [-0.15, -0.1) is 0 Å². The Bertz CT molecular complexity index is 879. The molecule has 0 aromatic heterocycles. The number of amides is 2. The van der Waals surface area contributed by atoms with E-state index in [0.29, 0.717) is 16.9 Å². The molecule has 1 unspecified atom stereocenters. The minimum absolute atomic E-state index is 0.0620. The van der Waals surface area contributed by atoms with Crippen molar-refractivity contribution in [3.8, 4) is 5.75 Å². The molecule has 0 radical (unpaired) electrons. The van der Waals surface area contributed by atoms with Gasteiger partial charge in [0.2, 0.25) is 5.91 Å². The number of carbonyl (C=O) groups is 2. The third-order valence-corrected chi connectivity index (χ3v) is 4.48. The maximum Gasteiger partial charge on any atom is 0.416 e. The number of fused-ring (bicyclic) bond motifs is 1. The van der Waals surface area contributed by atoms with E-state index in [2.05, 4.69) is 0 Å². The van der Waals surface area contributed by atoms with E-state index in [4.69, 9.17) is 10.5 Å². The quantitative estimate of drug-likeness (QED) is 0.869. The third-order valence-electron chi connectivity index (χ3n) is 4.48. The topological polar surface area (TPSA) is 72.6 Å². The Kier molecular flexibility index (Phi) is 4.82. The lowest BCUT2D eigenvalue weighted by atomic mass is 10.1. The predicted molar refractivity (Wildman–Crippen MR) is 90.7 cm³/mol. The molecule has 5 nitrogen and oxygen atoms in total. The summed E-state index contributed by atoms with van der Waals surface area (Å²) < 4.78 is 43.3. The van der Waals surface area contributed by atoms with E-state index in [-0.39, 0.29) is 19.1 Å². The maximum absolute atomic E-state index is 12.6. The van der Waals surface area contributed by atoms with Gasteiger partial charge in [-0.25, -0.2) is 0 Å². The van der Waals surface area contributed by atoms with Gasteiger partial charge in [0.1, 0.15) is 18.4 Å². The molecule has 2 N–H and O–H groups in total. The summed E-state index contributed by atoms with van der Waals surface area (Å²) in [6, 6.07) is 8.92. The van der Waals surface area contributed by atoms with Crippen LogP contribution in [-0.2, 0) is 24.1 Å². The molecule has 1 aliphatic heterocycles. The number of hydrogen-bond donors (Lipinski definition) is 1. The highest BCUT2D eigenvalue weighted by atomic mass is 19.4. The molecule has 2 aromatic carbocycles. The Labute approximate surface area is 153 Å². The minimum Gasteiger partial charge on any atom is -0.489 e. The molecule has 2 amide bonds. The van der Waals surface area contributed by atoms with Crippen LogP contribution >= 0.6 is 0 Å². The van der Waals surface area contributed by atoms with Gasteiger partial charge in [0, 0.05) is 12.1 Å². The Balaban J connectivity index is 1.69. The first kappa shape index (κ1) is 18.8. The van der Waals surface area contributed by atoms with Crippen LogP contribution in [0.2, 0.25) is 0 Å². The zero-order valence-corrected chi connectivity index (χ0v) is 14.4. The fourth-order valence-corrected chi connectivity index (χ4v) is 2.82. The molecule has 142 valence electrons. The zero-order chi connectivity index (χ0) is 19.8. The summed E-state index contributed by atoms with van der Waals surface area (Å²) >= 11 is 0. The fraction of sp³-hybridized carbons (Fsp3) is 0.263. The molecule has 1 aliphatic rings. The first-order valence-electron chi connectivity index (χ1n) is 8.19. The second-order valence-electron chi connectivity index (χ2n) is 6.31. The van der Waals surface area contributed by atoms with Gasteiger partial charge in [-0.2, -0.15) is 13.2 Å². The molecule has 2 aromatic rings. The lowest BCUT2D eigenvalue weighted by molar-refractivity contribution is -0.137. The van der Waals surface area contributed by atoms with Crippen LogP contribution in [0.5, 0.6) is 5.75 Å². The second kappa shape index (κ2) is 6.94. The van der Waals surface area contributed by atoms with Crippen molar-refractivity contribution >= 4 is 11.8 Å². The molecule has 0 bridgehead atoms. The van der Waals surface area contributed by atoms with E-state index >= 15 is 0 Å². The van der Waals surface area contributed by atoms with Crippen LogP contribution in [0.3, 0.4) is 0 Å². The van der Waals surface area contributed by atoms with E-state index in [9.17, 15) is 22.8 Å². The van der Waals surface area contributed by atoms with Crippen molar-refractivity contribution in [3.05, 3.63) is 64.7 Å². The highest BCUT2D eigenvalue weighted by molar-refractivity contribution is 6.01. The van der Waals surface area contributed by atoms with Crippen molar-refractivity contribution in [3.63, 3.8) is 0 Å². The Morgan fingerprint density at radius 3 is 2.48 bits per heavy atom. The van der Waals surface area contributed by atoms with Gasteiger partial charge >= 0.3 is 6.18 Å². The first-order chi connectivity index (χ1) is 12.7. The molecule has 3 rings (SSSR count). The Hall–Kier alpha value is -3.03. The van der Waals surface area contributed by atoms with Crippen molar-refractivity contribution in [2.24, 2.45) is 5.73 Å². The van der Waals surface area contributed by atoms with E-state index in [1.807, 2.05) is 0 Å². The van der Waals surface area contributed by atoms with Crippen LogP contribution in [0, 0.1) is 0 Å². The predicted octanol–water partition coefficient (Wildman–Crippen LogP) is 3.11. The summed E-state index contributed by atoms with van der Waals surface area (Å²) in [5.74, 6) is -0.484. The number of benzene rings is 2. The van der Waals surface area contributed by atoms with Crippen molar-refractivity contribution in [2.45, 2.75) is 32.3 Å². The van der Waals surface area contributed by atoms with Gasteiger partial charge in [0.05, 0.1) is 5.56 Å². The zero-order valence-electron chi connectivity index (χ0n) is 14.4. The summed E-state index contributed by atoms with van der Waals surface area (Å²) in [6.45, 7) is 1.91. The van der Waals surface area contributed by atoms with Crippen LogP contribution in [0.15, 0.2) is 42.5 Å². The van der Waals surface area contributed by atoms with Gasteiger partial charge in [-0.1, -0.05) is 18.2 Å². The molecule has 27 heavy (non-hydrogen) atoms. The summed E-state index contributed by atoms with van der Waals surface area (Å²) in [4.78, 5) is 25.2. The van der Waals surface area contributed by atoms with Gasteiger partial charge in [0.25, 0.3) is 5.91 Å². The number of primary amides is 1. The Morgan fingerprint density at radius 1 is 1.22 bits per heavy atom. The summed E-state index contributed by atoms with van der Waals surface area (Å²) in [7, 11) is 0. The molecular weight excluding hydrogens is 361 g/mol. The normalized spacial score (nSPS) is 14.8. The summed E-state index contributed by atoms with van der Waals surface area (Å²) in [5, 5.41) is 0. The highest BCUT2D eigenvalue weighted by Gasteiger charge is 2.33. The minimum atomic E-state index is -4.38. The maximum atomic E-state index is 12.6. The largest absolute Gasteiger partial charge is 0.489 e. The van der Waals surface area contributed by atoms with Gasteiger partial charge in [-0.3, -0.25) is 9.59 Å². The van der Waals surface area contributed by atoms with Gasteiger partial charge in [0.15, 0.2) is 0 Å². The first-order valence-corrected chi connectivity index (χ1v) is 8.19. The molecule has 0 fully saturated rings. The van der Waals surface area contributed by atoms with Crippen molar-refractivity contribution in [1.82, 2.24) is 4.90 Å². The van der Waals surface area contributed by atoms with Crippen LogP contribution in [0.4, 0.5) is 13.2 Å². The Morgan fingerprint density at radius 2 is 1.89 bits per heavy atom. The average Bonchev–Trinajstić information content (AvgIpc) is 2.95. The van der Waals surface area contributed by atoms with E-state index in [1.54, 1.807) is 25.1 Å². The molecule has 8 heteroatoms. The molecular formula is C19H17F3N2O3. The fourth-order valence-electron chi connectivity index (χ4n) is 2.82. The number of nitrogens with zero attached hydrogens (tertiary/aromatic N) is 1. The number of carbonyl (C=O) groups excluding carboxylic acids is 2. The second-order valence-corrected chi connectivity index (χ2v) is 6.31. The number of nitrogens with two attached hydrogens (primary N) is 1. The number of ether oxygens (including phenoxy) is 1. The molecule has 0 aliphatic carbocycles. The lowest BCUT2D eigenvalue weighted by Crippen LogP contribution is -2.42. The van der Waals surface area contributed by atoms with Gasteiger partial charge < -0.3 is 15.4 Å². The highest BCUT2D eigenvalue weighted by Crippen LogP contribution is 2.30. The van der Waals surface area contributed by atoms with Crippen LogP contribution in [-0.4, -0.2) is 22.8 Å². The summed E-state index contributed by atoms with van der Waals surface area (Å²) in [6.07, 6.45) is -4.38. The lowest BCUT2D eigenvalue weighted by Gasteiger charge is -2.20. The van der Waals surface area contributed by atoms with Crippen LogP contribution in [0.25, 0.3) is 0 Å². The molecule has 0 spiro atoms. The number of hydrogen-bond acceptors (Lipinski definition) is 3. The van der Waals surface area contributed by atoms with E-state index in [0.717, 1.165) is 17.7 Å². The van der Waals surface area contributed by atoms with E-state index < -0.39 is 23.7 Å². The van der Waals surface area contributed by atoms with Gasteiger partial charge in [-0.05, 0) is 42.3 Å². The molecule has 0 saturated carbocycles. The standard InChI is InChI=1S/C19H17F3N2O3/c1-11(17(23)25)24-9-13-4-7-15(8-16(13)18(24)26)27-10-12-2-5-14(6-3-12)19(20,21)22/h2-8,11H,9-10H2,1H3,(H2,23,25). The number of rotatable bonds is 5. The molecule has 1 heterocycles. The monoisotopic (exact) mass is 378 g/mol. The SMILES string of the molecule is CC(C(N)=O)N1Cc2ccc(OCc3ccc(C(F)(F)F)cc3)cc2C1=O. The third kappa shape index (κ3) is 3.89. The van der Waals surface area contributed by atoms with E-state index in [1.165, 1.54) is 17.0 Å². The summed E-state index contributed by atoms with van der Waals surface area (Å²) in [5.41, 5.74) is 6.29. The number of halogens is 3. The molecule has 1 atom stereocenters. The number of alkyl halides is 3. The molecule has 0 saturated heterocycles. The smallest absolute Gasteiger partial charge is 0.416 e. The van der Waals surface area contributed by atoms with Crippen molar-refractivity contribution < 1.29 is 27.5 Å². The van der Waals surface area contributed by atoms with Crippen LogP contribution in [0.1, 0.15) is 34.0 Å².